The quantitative estimate of drug-likeness (QED) is 0.780. The van der Waals surface area contributed by atoms with Crippen molar-refractivity contribution in [2.75, 3.05) is 26.7 Å². The number of carbonyl (C=O) groups excluding carboxylic acids is 1. The molecule has 0 atom stereocenters. The first kappa shape index (κ1) is 21.3. The number of benzene rings is 1. The summed E-state index contributed by atoms with van der Waals surface area (Å²) in [6.45, 7) is 5.27. The van der Waals surface area contributed by atoms with Gasteiger partial charge in [-0.05, 0) is 68.0 Å². The maximum absolute atomic E-state index is 12.7. The van der Waals surface area contributed by atoms with Crippen LogP contribution in [-0.2, 0) is 10.0 Å². The van der Waals surface area contributed by atoms with Crippen LogP contribution in [0.5, 0.6) is 5.75 Å². The summed E-state index contributed by atoms with van der Waals surface area (Å²) in [6, 6.07) is 6.68. The molecule has 0 saturated carbocycles. The molecule has 2 aromatic rings. The third kappa shape index (κ3) is 4.94. The third-order valence-electron chi connectivity index (χ3n) is 5.34. The Hall–Kier alpha value is -2.45. The first-order valence-corrected chi connectivity index (χ1v) is 11.1. The van der Waals surface area contributed by atoms with Gasteiger partial charge in [-0.25, -0.2) is 13.1 Å². The number of nitrogens with zero attached hydrogens (tertiary/aromatic N) is 2. The fourth-order valence-electron chi connectivity index (χ4n) is 3.72. The average Bonchev–Trinajstić information content (AvgIpc) is 2.72. The SMILES string of the molecule is COc1c(C)cc(S(=O)(=O)NCC2CCN(C(=O)c3ccncc3)CC2)cc1C. The highest BCUT2D eigenvalue weighted by molar-refractivity contribution is 7.89. The lowest BCUT2D eigenvalue weighted by Crippen LogP contribution is -2.41. The number of aryl methyl sites for hydroxylation is 2. The van der Waals surface area contributed by atoms with Crippen molar-refractivity contribution in [2.45, 2.75) is 31.6 Å². The molecular weight excluding hydrogens is 390 g/mol. The van der Waals surface area contributed by atoms with E-state index in [0.29, 0.717) is 30.9 Å². The van der Waals surface area contributed by atoms with Crippen molar-refractivity contribution < 1.29 is 17.9 Å². The Morgan fingerprint density at radius 1 is 1.17 bits per heavy atom. The number of piperidine rings is 1. The molecule has 7 nitrogen and oxygen atoms in total. The molecule has 1 aromatic carbocycles. The molecule has 156 valence electrons. The molecule has 2 heterocycles. The van der Waals surface area contributed by atoms with Crippen LogP contribution in [-0.4, -0.2) is 51.0 Å². The van der Waals surface area contributed by atoms with Gasteiger partial charge in [0.15, 0.2) is 0 Å². The van der Waals surface area contributed by atoms with E-state index < -0.39 is 10.0 Å². The van der Waals surface area contributed by atoms with Crippen molar-refractivity contribution in [3.8, 4) is 5.75 Å². The van der Waals surface area contributed by atoms with Crippen molar-refractivity contribution in [1.82, 2.24) is 14.6 Å². The predicted molar refractivity (Wildman–Crippen MR) is 111 cm³/mol. The van der Waals surface area contributed by atoms with Gasteiger partial charge in [-0.2, -0.15) is 0 Å². The zero-order valence-corrected chi connectivity index (χ0v) is 17.8. The van der Waals surface area contributed by atoms with E-state index in [2.05, 4.69) is 9.71 Å². The first-order chi connectivity index (χ1) is 13.8. The number of hydrogen-bond donors (Lipinski definition) is 1. The molecule has 1 aromatic heterocycles. The van der Waals surface area contributed by atoms with E-state index in [4.69, 9.17) is 4.74 Å². The van der Waals surface area contributed by atoms with Crippen LogP contribution < -0.4 is 9.46 Å². The highest BCUT2D eigenvalue weighted by Crippen LogP contribution is 2.26. The Bertz CT molecular complexity index is 946. The number of aromatic nitrogens is 1. The molecule has 0 aliphatic carbocycles. The maximum atomic E-state index is 12.7. The van der Waals surface area contributed by atoms with E-state index in [9.17, 15) is 13.2 Å². The Morgan fingerprint density at radius 3 is 2.31 bits per heavy atom. The van der Waals surface area contributed by atoms with E-state index >= 15 is 0 Å². The normalized spacial score (nSPS) is 15.3. The molecule has 0 spiro atoms. The van der Waals surface area contributed by atoms with E-state index in [0.717, 1.165) is 24.0 Å². The largest absolute Gasteiger partial charge is 0.496 e. The average molecular weight is 418 g/mol. The Balaban J connectivity index is 1.57. The second kappa shape index (κ2) is 8.92. The van der Waals surface area contributed by atoms with Crippen molar-refractivity contribution >= 4 is 15.9 Å². The van der Waals surface area contributed by atoms with Gasteiger partial charge in [-0.15, -0.1) is 0 Å². The molecule has 0 radical (unpaired) electrons. The highest BCUT2D eigenvalue weighted by atomic mass is 32.2. The minimum absolute atomic E-state index is 0.00406. The second-order valence-corrected chi connectivity index (χ2v) is 9.18. The van der Waals surface area contributed by atoms with Gasteiger partial charge >= 0.3 is 0 Å². The van der Waals surface area contributed by atoms with Crippen LogP contribution in [0.1, 0.15) is 34.3 Å². The number of rotatable bonds is 6. The van der Waals surface area contributed by atoms with Crippen LogP contribution in [0.2, 0.25) is 0 Å². The first-order valence-electron chi connectivity index (χ1n) is 9.66. The van der Waals surface area contributed by atoms with Crippen molar-refractivity contribution in [3.63, 3.8) is 0 Å². The molecule has 29 heavy (non-hydrogen) atoms. The van der Waals surface area contributed by atoms with Crippen molar-refractivity contribution in [1.29, 1.82) is 0 Å². The molecule has 1 amide bonds. The molecule has 1 saturated heterocycles. The summed E-state index contributed by atoms with van der Waals surface area (Å²) in [5.74, 6) is 0.900. The summed E-state index contributed by atoms with van der Waals surface area (Å²) in [4.78, 5) is 18.5. The number of pyridine rings is 1. The number of nitrogens with one attached hydrogen (secondary N) is 1. The number of hydrogen-bond acceptors (Lipinski definition) is 5. The Kier molecular flexibility index (Phi) is 6.54. The van der Waals surface area contributed by atoms with Crippen LogP contribution in [0.4, 0.5) is 0 Å². The summed E-state index contributed by atoms with van der Waals surface area (Å²) < 4.78 is 33.5. The van der Waals surface area contributed by atoms with E-state index in [-0.39, 0.29) is 16.7 Å². The number of amides is 1. The topological polar surface area (TPSA) is 88.6 Å². The van der Waals surface area contributed by atoms with Crippen LogP contribution in [0, 0.1) is 19.8 Å². The fourth-order valence-corrected chi connectivity index (χ4v) is 5.00. The Labute approximate surface area is 172 Å². The fraction of sp³-hybridized carbons (Fsp3) is 0.429. The van der Waals surface area contributed by atoms with E-state index in [1.165, 1.54) is 0 Å². The van der Waals surface area contributed by atoms with E-state index in [1.807, 2.05) is 18.7 Å². The van der Waals surface area contributed by atoms with Crippen molar-refractivity contribution in [3.05, 3.63) is 53.3 Å². The van der Waals surface area contributed by atoms with Gasteiger partial charge in [0.05, 0.1) is 12.0 Å². The van der Waals surface area contributed by atoms with Gasteiger partial charge in [0.1, 0.15) is 5.75 Å². The van der Waals surface area contributed by atoms with Crippen LogP contribution in [0.15, 0.2) is 41.6 Å². The van der Waals surface area contributed by atoms with Crippen LogP contribution in [0.25, 0.3) is 0 Å². The molecule has 0 bridgehead atoms. The van der Waals surface area contributed by atoms with Crippen molar-refractivity contribution in [2.24, 2.45) is 5.92 Å². The van der Waals surface area contributed by atoms with Gasteiger partial charge in [0, 0.05) is 37.6 Å². The standard InChI is InChI=1S/C21H27N3O4S/c1-15-12-19(13-16(2)20(15)28-3)29(26,27)23-14-17-6-10-24(11-7-17)21(25)18-4-8-22-9-5-18/h4-5,8-9,12-13,17,23H,6-7,10-11,14H2,1-3H3. The molecule has 1 aliphatic rings. The minimum atomic E-state index is -3.60. The molecular formula is C21H27N3O4S. The highest BCUT2D eigenvalue weighted by Gasteiger charge is 2.25. The van der Waals surface area contributed by atoms with Crippen LogP contribution >= 0.6 is 0 Å². The second-order valence-electron chi connectivity index (χ2n) is 7.41. The zero-order chi connectivity index (χ0) is 21.0. The maximum Gasteiger partial charge on any atom is 0.253 e. The van der Waals surface area contributed by atoms with Gasteiger partial charge < -0.3 is 9.64 Å². The number of methoxy groups -OCH3 is 1. The summed E-state index contributed by atoms with van der Waals surface area (Å²) in [5.41, 5.74) is 2.20. The molecule has 3 rings (SSSR count). The molecule has 0 unspecified atom stereocenters. The summed E-state index contributed by atoms with van der Waals surface area (Å²) >= 11 is 0. The number of likely N-dealkylation sites (tertiary alicyclic amines) is 1. The zero-order valence-electron chi connectivity index (χ0n) is 17.0. The lowest BCUT2D eigenvalue weighted by Gasteiger charge is -2.32. The summed E-state index contributed by atoms with van der Waals surface area (Å²) in [7, 11) is -2.02. The molecule has 1 fully saturated rings. The monoisotopic (exact) mass is 417 g/mol. The minimum Gasteiger partial charge on any atom is -0.496 e. The Morgan fingerprint density at radius 2 is 1.76 bits per heavy atom. The molecule has 1 N–H and O–H groups in total. The molecule has 8 heteroatoms. The predicted octanol–water partition coefficient (Wildman–Crippen LogP) is 2.54. The van der Waals surface area contributed by atoms with Crippen LogP contribution in [0.3, 0.4) is 0 Å². The lowest BCUT2D eigenvalue weighted by atomic mass is 9.97. The smallest absolute Gasteiger partial charge is 0.253 e. The van der Waals surface area contributed by atoms with E-state index in [1.54, 1.807) is 43.8 Å². The van der Waals surface area contributed by atoms with Gasteiger partial charge in [0.2, 0.25) is 10.0 Å². The summed E-state index contributed by atoms with van der Waals surface area (Å²) in [5, 5.41) is 0. The van der Waals surface area contributed by atoms with Gasteiger partial charge in [-0.3, -0.25) is 9.78 Å². The third-order valence-corrected chi connectivity index (χ3v) is 6.74. The number of carbonyl (C=O) groups is 1. The van der Waals surface area contributed by atoms with Gasteiger partial charge in [0.25, 0.3) is 5.91 Å². The molecule has 1 aliphatic heterocycles. The van der Waals surface area contributed by atoms with Gasteiger partial charge in [-0.1, -0.05) is 0 Å². The lowest BCUT2D eigenvalue weighted by molar-refractivity contribution is 0.0692. The number of sulfonamides is 1. The number of ether oxygens (including phenoxy) is 1. The summed E-state index contributed by atoms with van der Waals surface area (Å²) in [6.07, 6.45) is 4.74.